The molecule has 0 aliphatic heterocycles. The zero-order valence-corrected chi connectivity index (χ0v) is 6.85. The number of aromatic nitrogens is 4. The van der Waals surface area contributed by atoms with Crippen LogP contribution in [0.3, 0.4) is 0 Å². The first kappa shape index (κ1) is 7.02. The van der Waals surface area contributed by atoms with Crippen molar-refractivity contribution in [3.8, 4) is 0 Å². The molecule has 5 nitrogen and oxygen atoms in total. The SMILES string of the molecule is Cn1cnc(=O)c2c1ncn2C. The maximum absolute atomic E-state index is 11.2. The number of aryl methyl sites for hydroxylation is 2. The zero-order chi connectivity index (χ0) is 8.72. The smallest absolute Gasteiger partial charge is 0.298 e. The van der Waals surface area contributed by atoms with Gasteiger partial charge in [0.2, 0.25) is 0 Å². The third-order valence-corrected chi connectivity index (χ3v) is 1.80. The normalized spacial score (nSPS) is 10.8. The molecule has 0 N–H and O–H groups in total. The van der Waals surface area contributed by atoms with Crippen molar-refractivity contribution in [2.75, 3.05) is 0 Å². The molecule has 0 atom stereocenters. The highest BCUT2D eigenvalue weighted by Gasteiger charge is 2.05. The maximum Gasteiger partial charge on any atom is 0.298 e. The van der Waals surface area contributed by atoms with Gasteiger partial charge in [0.25, 0.3) is 5.56 Å². The minimum atomic E-state index is -0.233. The molecule has 2 aromatic rings. The van der Waals surface area contributed by atoms with Crippen LogP contribution >= 0.6 is 0 Å². The molecular weight excluding hydrogens is 156 g/mol. The lowest BCUT2D eigenvalue weighted by molar-refractivity contribution is 0.882. The molecule has 5 heteroatoms. The predicted octanol–water partition coefficient (Wildman–Crippen LogP) is -0.333. The lowest BCUT2D eigenvalue weighted by atomic mass is 10.5. The van der Waals surface area contributed by atoms with Gasteiger partial charge in [0.15, 0.2) is 11.2 Å². The van der Waals surface area contributed by atoms with E-state index < -0.39 is 0 Å². The number of imidazole rings is 1. The molecule has 2 heterocycles. The molecule has 0 aliphatic rings. The predicted molar refractivity (Wildman–Crippen MR) is 43.8 cm³/mol. The summed E-state index contributed by atoms with van der Waals surface area (Å²) in [7, 11) is 3.58. The second kappa shape index (κ2) is 2.17. The lowest BCUT2D eigenvalue weighted by Crippen LogP contribution is -2.12. The fourth-order valence-corrected chi connectivity index (χ4v) is 1.18. The van der Waals surface area contributed by atoms with E-state index in [1.807, 2.05) is 7.05 Å². The highest BCUT2D eigenvalue weighted by atomic mass is 16.1. The first-order valence-electron chi connectivity index (χ1n) is 3.53. The second-order valence-corrected chi connectivity index (χ2v) is 2.69. The summed E-state index contributed by atoms with van der Waals surface area (Å²) in [5.74, 6) is 0. The minimum absolute atomic E-state index is 0.233. The second-order valence-electron chi connectivity index (χ2n) is 2.69. The van der Waals surface area contributed by atoms with Crippen molar-refractivity contribution < 1.29 is 0 Å². The van der Waals surface area contributed by atoms with Crippen LogP contribution in [0.2, 0.25) is 0 Å². The third kappa shape index (κ3) is 0.761. The van der Waals surface area contributed by atoms with E-state index in [9.17, 15) is 4.79 Å². The molecule has 2 rings (SSSR count). The lowest BCUT2D eigenvalue weighted by Gasteiger charge is -1.96. The van der Waals surface area contributed by atoms with Crippen LogP contribution in [0.5, 0.6) is 0 Å². The summed E-state index contributed by atoms with van der Waals surface area (Å²) in [5, 5.41) is 0. The number of fused-ring (bicyclic) bond motifs is 1. The van der Waals surface area contributed by atoms with Crippen molar-refractivity contribution in [2.45, 2.75) is 0 Å². The van der Waals surface area contributed by atoms with Gasteiger partial charge in [-0.2, -0.15) is 4.98 Å². The summed E-state index contributed by atoms with van der Waals surface area (Å²) < 4.78 is 3.39. The van der Waals surface area contributed by atoms with Gasteiger partial charge in [-0.25, -0.2) is 4.98 Å². The Labute approximate surface area is 68.3 Å². The zero-order valence-electron chi connectivity index (χ0n) is 6.85. The van der Waals surface area contributed by atoms with Gasteiger partial charge in [-0.3, -0.25) is 4.79 Å². The van der Waals surface area contributed by atoms with Crippen molar-refractivity contribution in [1.29, 1.82) is 0 Å². The number of nitrogens with zero attached hydrogens (tertiary/aromatic N) is 4. The molecule has 62 valence electrons. The Bertz CT molecular complexity index is 482. The van der Waals surface area contributed by atoms with Crippen LogP contribution in [-0.2, 0) is 14.1 Å². The maximum atomic E-state index is 11.2. The van der Waals surface area contributed by atoms with Gasteiger partial charge in [0.1, 0.15) is 6.33 Å². The van der Waals surface area contributed by atoms with Gasteiger partial charge < -0.3 is 9.13 Å². The number of hydrogen-bond donors (Lipinski definition) is 0. The molecule has 0 fully saturated rings. The Balaban J connectivity index is 3.09. The van der Waals surface area contributed by atoms with Crippen molar-refractivity contribution in [1.82, 2.24) is 19.1 Å². The topological polar surface area (TPSA) is 52.7 Å². The van der Waals surface area contributed by atoms with E-state index in [-0.39, 0.29) is 5.56 Å². The summed E-state index contributed by atoms with van der Waals surface area (Å²) in [5.41, 5.74) is 0.973. The monoisotopic (exact) mass is 164 g/mol. The number of hydrogen-bond acceptors (Lipinski definition) is 3. The molecular formula is C7H8N4O. The van der Waals surface area contributed by atoms with E-state index in [1.165, 1.54) is 6.33 Å². The van der Waals surface area contributed by atoms with Crippen LogP contribution in [0.25, 0.3) is 11.2 Å². The van der Waals surface area contributed by atoms with E-state index >= 15 is 0 Å². The van der Waals surface area contributed by atoms with E-state index in [2.05, 4.69) is 9.97 Å². The third-order valence-electron chi connectivity index (χ3n) is 1.80. The van der Waals surface area contributed by atoms with E-state index in [0.29, 0.717) is 11.2 Å². The Hall–Kier alpha value is -1.65. The fourth-order valence-electron chi connectivity index (χ4n) is 1.18. The molecule has 0 spiro atoms. The first-order valence-corrected chi connectivity index (χ1v) is 3.53. The highest BCUT2D eigenvalue weighted by Crippen LogP contribution is 2.02. The molecule has 0 saturated carbocycles. The molecule has 0 aliphatic carbocycles. The average Bonchev–Trinajstić information content (AvgIpc) is 2.42. The molecule has 0 radical (unpaired) electrons. The van der Waals surface area contributed by atoms with E-state index in [0.717, 1.165) is 0 Å². The average molecular weight is 164 g/mol. The van der Waals surface area contributed by atoms with Gasteiger partial charge in [-0.1, -0.05) is 0 Å². The standard InChI is InChI=1S/C7H8N4O/c1-10-3-8-6-5(10)7(12)9-4-11(6)2/h3-4H,1-2H3. The van der Waals surface area contributed by atoms with Crippen LogP contribution in [-0.4, -0.2) is 19.1 Å². The van der Waals surface area contributed by atoms with Gasteiger partial charge in [-0.05, 0) is 0 Å². The highest BCUT2D eigenvalue weighted by molar-refractivity contribution is 5.69. The summed E-state index contributed by atoms with van der Waals surface area (Å²) in [6.07, 6.45) is 3.07. The summed E-state index contributed by atoms with van der Waals surface area (Å²) in [6, 6.07) is 0. The minimum Gasteiger partial charge on any atom is -0.328 e. The molecule has 0 aromatic carbocycles. The van der Waals surface area contributed by atoms with Crippen LogP contribution in [0.1, 0.15) is 0 Å². The van der Waals surface area contributed by atoms with Crippen molar-refractivity contribution >= 4 is 11.2 Å². The van der Waals surface area contributed by atoms with Crippen molar-refractivity contribution in [2.24, 2.45) is 14.1 Å². The van der Waals surface area contributed by atoms with Gasteiger partial charge >= 0.3 is 0 Å². The summed E-state index contributed by atoms with van der Waals surface area (Å²) >= 11 is 0. The van der Waals surface area contributed by atoms with E-state index in [1.54, 1.807) is 22.5 Å². The Morgan fingerprint density at radius 1 is 1.17 bits per heavy atom. The Morgan fingerprint density at radius 2 is 1.83 bits per heavy atom. The van der Waals surface area contributed by atoms with Crippen molar-refractivity contribution in [3.63, 3.8) is 0 Å². The fraction of sp³-hybridized carbons (Fsp3) is 0.286. The molecule has 0 amide bonds. The van der Waals surface area contributed by atoms with Crippen molar-refractivity contribution in [3.05, 3.63) is 23.0 Å². The molecule has 0 saturated heterocycles. The van der Waals surface area contributed by atoms with Crippen LogP contribution in [0, 0.1) is 0 Å². The molecule has 0 bridgehead atoms. The Morgan fingerprint density at radius 3 is 2.50 bits per heavy atom. The number of rotatable bonds is 0. The summed E-state index contributed by atoms with van der Waals surface area (Å²) in [6.45, 7) is 0. The first-order chi connectivity index (χ1) is 5.70. The molecule has 2 aromatic heterocycles. The quantitative estimate of drug-likeness (QED) is 0.535. The molecule has 12 heavy (non-hydrogen) atoms. The Kier molecular flexibility index (Phi) is 1.27. The van der Waals surface area contributed by atoms with Crippen LogP contribution in [0.15, 0.2) is 17.4 Å². The largest absolute Gasteiger partial charge is 0.328 e. The van der Waals surface area contributed by atoms with Gasteiger partial charge in [0, 0.05) is 14.1 Å². The van der Waals surface area contributed by atoms with Crippen LogP contribution < -0.4 is 5.56 Å². The van der Waals surface area contributed by atoms with Gasteiger partial charge in [-0.15, -0.1) is 0 Å². The van der Waals surface area contributed by atoms with Gasteiger partial charge in [0.05, 0.1) is 6.33 Å². The molecule has 0 unspecified atom stereocenters. The van der Waals surface area contributed by atoms with E-state index in [4.69, 9.17) is 0 Å². The summed E-state index contributed by atoms with van der Waals surface area (Å²) in [4.78, 5) is 19.0. The van der Waals surface area contributed by atoms with Crippen LogP contribution in [0.4, 0.5) is 0 Å².